The lowest BCUT2D eigenvalue weighted by molar-refractivity contribution is -0.131. The highest BCUT2D eigenvalue weighted by Gasteiger charge is 2.30. The molecular formula is C14H21N3O3S. The van der Waals surface area contributed by atoms with Crippen molar-refractivity contribution in [3.63, 3.8) is 0 Å². The molecule has 21 heavy (non-hydrogen) atoms. The molecule has 116 valence electrons. The lowest BCUT2D eigenvalue weighted by atomic mass is 10.1. The van der Waals surface area contributed by atoms with E-state index >= 15 is 0 Å². The molecule has 0 unspecified atom stereocenters. The zero-order valence-electron chi connectivity index (χ0n) is 12.0. The summed E-state index contributed by atoms with van der Waals surface area (Å²) in [6.45, 7) is 0.920. The Bertz CT molecular complexity index is 589. The molecule has 1 heterocycles. The van der Waals surface area contributed by atoms with Crippen LogP contribution in [0.25, 0.3) is 0 Å². The van der Waals surface area contributed by atoms with Gasteiger partial charge < -0.3 is 10.6 Å². The zero-order valence-corrected chi connectivity index (χ0v) is 12.8. The number of benzene rings is 1. The molecule has 1 aliphatic rings. The zero-order chi connectivity index (χ0) is 15.5. The molecule has 1 aromatic rings. The van der Waals surface area contributed by atoms with Gasteiger partial charge in [-0.25, -0.2) is 13.1 Å². The quantitative estimate of drug-likeness (QED) is 0.781. The van der Waals surface area contributed by atoms with Crippen molar-refractivity contribution >= 4 is 15.9 Å². The molecule has 0 spiro atoms. The number of sulfonamides is 1. The minimum Gasteiger partial charge on any atom is -0.340 e. The van der Waals surface area contributed by atoms with Gasteiger partial charge in [0.15, 0.2) is 0 Å². The van der Waals surface area contributed by atoms with E-state index in [-0.39, 0.29) is 11.9 Å². The van der Waals surface area contributed by atoms with E-state index in [2.05, 4.69) is 4.72 Å². The predicted molar refractivity (Wildman–Crippen MR) is 81.1 cm³/mol. The second-order valence-corrected chi connectivity index (χ2v) is 7.24. The Balaban J connectivity index is 1.89. The fourth-order valence-corrected chi connectivity index (χ4v) is 3.35. The van der Waals surface area contributed by atoms with Crippen LogP contribution in [0.15, 0.2) is 30.3 Å². The van der Waals surface area contributed by atoms with Crippen molar-refractivity contribution in [3.05, 3.63) is 35.9 Å². The third-order valence-electron chi connectivity index (χ3n) is 3.50. The summed E-state index contributed by atoms with van der Waals surface area (Å²) >= 11 is 0. The van der Waals surface area contributed by atoms with Crippen molar-refractivity contribution in [3.8, 4) is 0 Å². The van der Waals surface area contributed by atoms with E-state index in [0.29, 0.717) is 25.9 Å². The summed E-state index contributed by atoms with van der Waals surface area (Å²) in [7, 11) is -3.24. The SMILES string of the molecule is CS(=O)(=O)N[C@@H]1CCN(C(=O)[C@@H](N)Cc2ccccc2)C1. The molecule has 2 atom stereocenters. The molecule has 0 bridgehead atoms. The molecule has 6 nitrogen and oxygen atoms in total. The summed E-state index contributed by atoms with van der Waals surface area (Å²) in [4.78, 5) is 13.9. The maximum absolute atomic E-state index is 12.3. The third kappa shape index (κ3) is 4.80. The van der Waals surface area contributed by atoms with E-state index < -0.39 is 16.1 Å². The minimum absolute atomic E-state index is 0.128. The molecule has 1 fully saturated rings. The number of nitrogens with one attached hydrogen (secondary N) is 1. The minimum atomic E-state index is -3.24. The normalized spacial score (nSPS) is 20.5. The van der Waals surface area contributed by atoms with Crippen LogP contribution in [0.2, 0.25) is 0 Å². The molecule has 1 amide bonds. The standard InChI is InChI=1S/C14H21N3O3S/c1-21(19,20)16-12-7-8-17(10-12)14(18)13(15)9-11-5-3-2-4-6-11/h2-6,12-13,16H,7-10,15H2,1H3/t12-,13+/m1/s1. The second kappa shape index (κ2) is 6.55. The van der Waals surface area contributed by atoms with Gasteiger partial charge in [0.05, 0.1) is 12.3 Å². The highest BCUT2D eigenvalue weighted by atomic mass is 32.2. The van der Waals surface area contributed by atoms with Crippen LogP contribution in [0.1, 0.15) is 12.0 Å². The van der Waals surface area contributed by atoms with Crippen LogP contribution in [0.5, 0.6) is 0 Å². The predicted octanol–water partition coefficient (Wildman–Crippen LogP) is -0.293. The van der Waals surface area contributed by atoms with Crippen LogP contribution >= 0.6 is 0 Å². The van der Waals surface area contributed by atoms with Crippen molar-refractivity contribution < 1.29 is 13.2 Å². The fraction of sp³-hybridized carbons (Fsp3) is 0.500. The van der Waals surface area contributed by atoms with Crippen LogP contribution in [0, 0.1) is 0 Å². The Morgan fingerprint density at radius 1 is 1.43 bits per heavy atom. The van der Waals surface area contributed by atoms with Crippen molar-refractivity contribution in [2.24, 2.45) is 5.73 Å². The average Bonchev–Trinajstić information content (AvgIpc) is 2.85. The summed E-state index contributed by atoms with van der Waals surface area (Å²) in [5.74, 6) is -0.128. The fourth-order valence-electron chi connectivity index (χ4n) is 2.55. The molecule has 1 saturated heterocycles. The molecule has 2 rings (SSSR count). The van der Waals surface area contributed by atoms with Gasteiger partial charge in [-0.05, 0) is 18.4 Å². The Kier molecular flexibility index (Phi) is 4.97. The topological polar surface area (TPSA) is 92.5 Å². The molecule has 7 heteroatoms. The highest BCUT2D eigenvalue weighted by molar-refractivity contribution is 7.88. The number of nitrogens with two attached hydrogens (primary N) is 1. The van der Waals surface area contributed by atoms with Gasteiger partial charge in [0.25, 0.3) is 0 Å². The molecule has 1 aliphatic heterocycles. The summed E-state index contributed by atoms with van der Waals surface area (Å²) in [6.07, 6.45) is 2.23. The Labute approximate surface area is 125 Å². The number of nitrogens with zero attached hydrogens (tertiary/aromatic N) is 1. The number of hydrogen-bond donors (Lipinski definition) is 2. The third-order valence-corrected chi connectivity index (χ3v) is 4.26. The van der Waals surface area contributed by atoms with E-state index in [4.69, 9.17) is 5.73 Å². The van der Waals surface area contributed by atoms with Crippen molar-refractivity contribution in [1.29, 1.82) is 0 Å². The van der Waals surface area contributed by atoms with Crippen molar-refractivity contribution in [2.75, 3.05) is 19.3 Å². The first-order valence-electron chi connectivity index (χ1n) is 6.91. The molecule has 0 aliphatic carbocycles. The number of amides is 1. The van der Waals surface area contributed by atoms with Gasteiger partial charge in [0.2, 0.25) is 15.9 Å². The molecule has 0 radical (unpaired) electrons. The average molecular weight is 311 g/mol. The van der Waals surface area contributed by atoms with Gasteiger partial charge in [-0.3, -0.25) is 4.79 Å². The summed E-state index contributed by atoms with van der Waals surface area (Å²) in [5.41, 5.74) is 6.99. The first-order chi connectivity index (χ1) is 9.85. The first-order valence-corrected chi connectivity index (χ1v) is 8.80. The van der Waals surface area contributed by atoms with Crippen LogP contribution in [0.3, 0.4) is 0 Å². The lowest BCUT2D eigenvalue weighted by Gasteiger charge is -2.21. The summed E-state index contributed by atoms with van der Waals surface area (Å²) in [6, 6.07) is 8.80. The van der Waals surface area contributed by atoms with E-state index in [9.17, 15) is 13.2 Å². The highest BCUT2D eigenvalue weighted by Crippen LogP contribution is 2.12. The number of rotatable bonds is 5. The van der Waals surface area contributed by atoms with Crippen LogP contribution in [0.4, 0.5) is 0 Å². The molecule has 1 aromatic carbocycles. The first kappa shape index (κ1) is 15.9. The monoisotopic (exact) mass is 311 g/mol. The van der Waals surface area contributed by atoms with Gasteiger partial charge >= 0.3 is 0 Å². The number of carbonyl (C=O) groups excluding carboxylic acids is 1. The van der Waals surface area contributed by atoms with E-state index in [1.54, 1.807) is 4.90 Å². The van der Waals surface area contributed by atoms with Crippen molar-refractivity contribution in [2.45, 2.75) is 24.9 Å². The molecular weight excluding hydrogens is 290 g/mol. The maximum atomic E-state index is 12.3. The Morgan fingerprint density at radius 3 is 2.71 bits per heavy atom. The lowest BCUT2D eigenvalue weighted by Crippen LogP contribution is -2.45. The molecule has 3 N–H and O–H groups in total. The smallest absolute Gasteiger partial charge is 0.239 e. The van der Waals surface area contributed by atoms with Gasteiger partial charge in [-0.2, -0.15) is 0 Å². The van der Waals surface area contributed by atoms with E-state index in [0.717, 1.165) is 11.8 Å². The van der Waals surface area contributed by atoms with Crippen molar-refractivity contribution in [1.82, 2.24) is 9.62 Å². The number of hydrogen-bond acceptors (Lipinski definition) is 4. The van der Waals surface area contributed by atoms with Crippen LogP contribution in [-0.2, 0) is 21.2 Å². The van der Waals surface area contributed by atoms with Gasteiger partial charge in [-0.1, -0.05) is 30.3 Å². The number of carbonyl (C=O) groups is 1. The summed E-state index contributed by atoms with van der Waals surface area (Å²) < 4.78 is 24.9. The van der Waals surface area contributed by atoms with Gasteiger partial charge in [0, 0.05) is 19.1 Å². The number of likely N-dealkylation sites (tertiary alicyclic amines) is 1. The van der Waals surface area contributed by atoms with Crippen LogP contribution < -0.4 is 10.5 Å². The Hall–Kier alpha value is -1.44. The Morgan fingerprint density at radius 2 is 2.10 bits per heavy atom. The largest absolute Gasteiger partial charge is 0.340 e. The summed E-state index contributed by atoms with van der Waals surface area (Å²) in [5, 5.41) is 0. The van der Waals surface area contributed by atoms with Gasteiger partial charge in [-0.15, -0.1) is 0 Å². The van der Waals surface area contributed by atoms with E-state index in [1.165, 1.54) is 0 Å². The second-order valence-electron chi connectivity index (χ2n) is 5.46. The maximum Gasteiger partial charge on any atom is 0.239 e. The van der Waals surface area contributed by atoms with Gasteiger partial charge in [0.1, 0.15) is 0 Å². The molecule has 0 saturated carbocycles. The molecule has 0 aromatic heterocycles. The van der Waals surface area contributed by atoms with E-state index in [1.807, 2.05) is 30.3 Å². The van der Waals surface area contributed by atoms with Crippen LogP contribution in [-0.4, -0.2) is 50.7 Å².